The van der Waals surface area contributed by atoms with Gasteiger partial charge in [0.05, 0.1) is 5.92 Å². The van der Waals surface area contributed by atoms with E-state index < -0.39 is 0 Å². The molecule has 0 saturated carbocycles. The van der Waals surface area contributed by atoms with Crippen molar-refractivity contribution in [2.24, 2.45) is 5.73 Å². The molecule has 5 heteroatoms. The van der Waals surface area contributed by atoms with Gasteiger partial charge in [0.25, 0.3) is 0 Å². The molecule has 0 aliphatic carbocycles. The minimum Gasteiger partial charge on any atom is -0.508 e. The second-order valence-electron chi connectivity index (χ2n) is 4.23. The fourth-order valence-electron chi connectivity index (χ4n) is 1.85. The van der Waals surface area contributed by atoms with Crippen LogP contribution in [0.5, 0.6) is 5.75 Å². The van der Waals surface area contributed by atoms with Crippen LogP contribution in [0.15, 0.2) is 28.8 Å². The summed E-state index contributed by atoms with van der Waals surface area (Å²) >= 11 is 0. The van der Waals surface area contributed by atoms with Crippen molar-refractivity contribution in [3.8, 4) is 17.1 Å². The minimum atomic E-state index is 0.105. The molecule has 3 N–H and O–H groups in total. The molecule has 0 spiro atoms. The molecule has 0 bridgehead atoms. The van der Waals surface area contributed by atoms with Crippen LogP contribution in [-0.4, -0.2) is 21.8 Å². The van der Waals surface area contributed by atoms with Gasteiger partial charge in [0, 0.05) is 12.1 Å². The van der Waals surface area contributed by atoms with Gasteiger partial charge in [0.1, 0.15) is 5.75 Å². The van der Waals surface area contributed by atoms with Crippen molar-refractivity contribution < 1.29 is 9.63 Å². The van der Waals surface area contributed by atoms with Gasteiger partial charge >= 0.3 is 0 Å². The Morgan fingerprint density at radius 2 is 2.28 bits per heavy atom. The first-order valence-corrected chi connectivity index (χ1v) is 6.07. The molecule has 0 aliphatic rings. The fourth-order valence-corrected chi connectivity index (χ4v) is 1.85. The number of aromatic hydroxyl groups is 1. The molecule has 0 fully saturated rings. The summed E-state index contributed by atoms with van der Waals surface area (Å²) in [6, 6.07) is 6.77. The van der Waals surface area contributed by atoms with Crippen molar-refractivity contribution in [1.29, 1.82) is 0 Å². The van der Waals surface area contributed by atoms with Gasteiger partial charge in [-0.3, -0.25) is 0 Å². The van der Waals surface area contributed by atoms with Gasteiger partial charge in [-0.05, 0) is 18.6 Å². The second-order valence-corrected chi connectivity index (χ2v) is 4.23. The summed E-state index contributed by atoms with van der Waals surface area (Å²) in [5.41, 5.74) is 6.43. The van der Waals surface area contributed by atoms with Crippen LogP contribution in [-0.2, 0) is 0 Å². The number of aromatic nitrogens is 2. The predicted molar refractivity (Wildman–Crippen MR) is 68.1 cm³/mol. The Balaban J connectivity index is 2.24. The van der Waals surface area contributed by atoms with Gasteiger partial charge in [-0.1, -0.05) is 30.6 Å². The lowest BCUT2D eigenvalue weighted by Crippen LogP contribution is -2.12. The van der Waals surface area contributed by atoms with Gasteiger partial charge in [-0.2, -0.15) is 4.98 Å². The largest absolute Gasteiger partial charge is 0.508 e. The van der Waals surface area contributed by atoms with E-state index >= 15 is 0 Å². The third-order valence-corrected chi connectivity index (χ3v) is 2.82. The molecule has 1 aromatic carbocycles. The van der Waals surface area contributed by atoms with E-state index in [4.69, 9.17) is 10.3 Å². The number of hydrogen-bond donors (Lipinski definition) is 2. The third-order valence-electron chi connectivity index (χ3n) is 2.82. The smallest absolute Gasteiger partial charge is 0.231 e. The summed E-state index contributed by atoms with van der Waals surface area (Å²) in [6.45, 7) is 2.59. The van der Waals surface area contributed by atoms with Gasteiger partial charge in [0.2, 0.25) is 11.7 Å². The van der Waals surface area contributed by atoms with E-state index in [2.05, 4.69) is 17.1 Å². The Hall–Kier alpha value is -1.88. The van der Waals surface area contributed by atoms with E-state index in [-0.39, 0.29) is 11.7 Å². The maximum Gasteiger partial charge on any atom is 0.231 e. The highest BCUT2D eigenvalue weighted by Gasteiger charge is 2.17. The number of benzene rings is 1. The van der Waals surface area contributed by atoms with Crippen molar-refractivity contribution >= 4 is 0 Å². The topological polar surface area (TPSA) is 85.2 Å². The molecule has 1 aromatic heterocycles. The monoisotopic (exact) mass is 247 g/mol. The molecular formula is C13H17N3O2. The first-order valence-electron chi connectivity index (χ1n) is 6.07. The highest BCUT2D eigenvalue weighted by atomic mass is 16.5. The molecule has 0 amide bonds. The molecule has 2 aromatic rings. The van der Waals surface area contributed by atoms with Gasteiger partial charge in [-0.15, -0.1) is 0 Å². The van der Waals surface area contributed by atoms with Crippen molar-refractivity contribution in [2.75, 3.05) is 6.54 Å². The van der Waals surface area contributed by atoms with Crippen LogP contribution < -0.4 is 5.73 Å². The van der Waals surface area contributed by atoms with E-state index in [1.54, 1.807) is 18.2 Å². The molecule has 2 rings (SSSR count). The van der Waals surface area contributed by atoms with Crippen LogP contribution in [0, 0.1) is 0 Å². The fraction of sp³-hybridized carbons (Fsp3) is 0.385. The van der Waals surface area contributed by atoms with Gasteiger partial charge < -0.3 is 15.4 Å². The maximum absolute atomic E-state index is 9.41. The van der Waals surface area contributed by atoms with Crippen LogP contribution in [0.2, 0.25) is 0 Å². The highest BCUT2D eigenvalue weighted by Crippen LogP contribution is 2.24. The van der Waals surface area contributed by atoms with E-state index in [1.807, 2.05) is 6.07 Å². The number of phenols is 1. The lowest BCUT2D eigenvalue weighted by atomic mass is 10.0. The minimum absolute atomic E-state index is 0.105. The summed E-state index contributed by atoms with van der Waals surface area (Å²) in [5, 5.41) is 13.3. The zero-order valence-corrected chi connectivity index (χ0v) is 10.3. The van der Waals surface area contributed by atoms with E-state index in [9.17, 15) is 5.11 Å². The Morgan fingerprint density at radius 3 is 2.94 bits per heavy atom. The van der Waals surface area contributed by atoms with Crippen molar-refractivity contribution in [3.05, 3.63) is 30.2 Å². The Morgan fingerprint density at radius 1 is 1.44 bits per heavy atom. The number of phenolic OH excluding ortho intramolecular Hbond substituents is 1. The SMILES string of the molecule is CCCC(CN)c1nc(-c2cccc(O)c2)no1. The lowest BCUT2D eigenvalue weighted by Gasteiger charge is -2.06. The Bertz CT molecular complexity index is 510. The average molecular weight is 247 g/mol. The first kappa shape index (κ1) is 12.6. The predicted octanol–water partition coefficient (Wildman–Crippen LogP) is 2.28. The summed E-state index contributed by atoms with van der Waals surface area (Å²) in [4.78, 5) is 4.34. The van der Waals surface area contributed by atoms with Crippen LogP contribution in [0.25, 0.3) is 11.4 Å². The van der Waals surface area contributed by atoms with E-state index in [0.717, 1.165) is 18.4 Å². The van der Waals surface area contributed by atoms with Gasteiger partial charge in [-0.25, -0.2) is 0 Å². The number of nitrogens with two attached hydrogens (primary N) is 1. The zero-order valence-electron chi connectivity index (χ0n) is 10.3. The van der Waals surface area contributed by atoms with Gasteiger partial charge in [0.15, 0.2) is 0 Å². The van der Waals surface area contributed by atoms with Crippen molar-refractivity contribution in [1.82, 2.24) is 10.1 Å². The molecule has 5 nitrogen and oxygen atoms in total. The normalized spacial score (nSPS) is 12.6. The molecule has 0 saturated heterocycles. The van der Waals surface area contributed by atoms with Crippen molar-refractivity contribution in [3.63, 3.8) is 0 Å². The first-order chi connectivity index (χ1) is 8.74. The molecule has 18 heavy (non-hydrogen) atoms. The standard InChI is InChI=1S/C13H17N3O2/c1-2-4-10(8-14)13-15-12(16-18-13)9-5-3-6-11(17)7-9/h3,5-7,10,17H,2,4,8,14H2,1H3. The van der Waals surface area contributed by atoms with Crippen molar-refractivity contribution in [2.45, 2.75) is 25.7 Å². The van der Waals surface area contributed by atoms with E-state index in [0.29, 0.717) is 18.3 Å². The molecular weight excluding hydrogens is 230 g/mol. The molecule has 0 aliphatic heterocycles. The lowest BCUT2D eigenvalue weighted by molar-refractivity contribution is 0.347. The zero-order chi connectivity index (χ0) is 13.0. The third kappa shape index (κ3) is 2.68. The molecule has 96 valence electrons. The molecule has 0 radical (unpaired) electrons. The van der Waals surface area contributed by atoms with E-state index in [1.165, 1.54) is 0 Å². The van der Waals surface area contributed by atoms with Crippen LogP contribution in [0.1, 0.15) is 31.6 Å². The number of nitrogens with zero attached hydrogens (tertiary/aromatic N) is 2. The summed E-state index contributed by atoms with van der Waals surface area (Å²) < 4.78 is 5.24. The molecule has 1 atom stereocenters. The summed E-state index contributed by atoms with van der Waals surface area (Å²) in [7, 11) is 0. The summed E-state index contributed by atoms with van der Waals surface area (Å²) in [5.74, 6) is 1.34. The second kappa shape index (κ2) is 5.64. The van der Waals surface area contributed by atoms with Crippen LogP contribution in [0.4, 0.5) is 0 Å². The van der Waals surface area contributed by atoms with Crippen LogP contribution in [0.3, 0.4) is 0 Å². The molecule has 1 unspecified atom stereocenters. The quantitative estimate of drug-likeness (QED) is 0.846. The molecule has 1 heterocycles. The maximum atomic E-state index is 9.41. The summed E-state index contributed by atoms with van der Waals surface area (Å²) in [6.07, 6.45) is 1.95. The Labute approximate surface area is 106 Å². The number of hydrogen-bond acceptors (Lipinski definition) is 5. The van der Waals surface area contributed by atoms with Crippen LogP contribution >= 0.6 is 0 Å². The highest BCUT2D eigenvalue weighted by molar-refractivity contribution is 5.56. The Kier molecular flexibility index (Phi) is 3.94. The average Bonchev–Trinajstić information content (AvgIpc) is 2.85. The number of rotatable bonds is 5.